The first kappa shape index (κ1) is 15.9. The molecule has 0 saturated carbocycles. The Balaban J connectivity index is 2.22. The van der Waals surface area contributed by atoms with Crippen molar-refractivity contribution in [3.8, 4) is 0 Å². The number of nitrogens with one attached hydrogen (secondary N) is 1. The smallest absolute Gasteiger partial charge is 0.287 e. The Labute approximate surface area is 129 Å². The molecule has 0 spiro atoms. The molecule has 1 heterocycles. The van der Waals surface area contributed by atoms with Crippen LogP contribution in [0.25, 0.3) is 11.0 Å². The zero-order chi connectivity index (χ0) is 15.6. The van der Waals surface area contributed by atoms with E-state index in [4.69, 9.17) is 21.8 Å². The molecule has 0 radical (unpaired) electrons. The number of benzene rings is 1. The molecule has 2 aromatic rings. The molecule has 0 aliphatic rings. The summed E-state index contributed by atoms with van der Waals surface area (Å²) in [6, 6.07) is 5.32. The minimum Gasteiger partial charge on any atom is -0.451 e. The van der Waals surface area contributed by atoms with E-state index in [2.05, 4.69) is 5.32 Å². The quantitative estimate of drug-likeness (QED) is 0.886. The lowest BCUT2D eigenvalue weighted by Crippen LogP contribution is -2.49. The Morgan fingerprint density at radius 1 is 1.38 bits per heavy atom. The molecular formula is C16H21ClN2O2. The normalized spacial score (nSPS) is 11.9. The number of hydrogen-bond donors (Lipinski definition) is 2. The van der Waals surface area contributed by atoms with Crippen LogP contribution in [-0.2, 0) is 0 Å². The van der Waals surface area contributed by atoms with Crippen LogP contribution in [0.15, 0.2) is 22.6 Å². The third-order valence-electron chi connectivity index (χ3n) is 4.11. The monoisotopic (exact) mass is 308 g/mol. The fourth-order valence-corrected chi connectivity index (χ4v) is 2.42. The number of carbonyl (C=O) groups is 1. The standard InChI is InChI=1S/C16H21ClN2O2/c1-4-16(18,5-2)9-19-15(20)14-10(3)12-8-11(17)6-7-13(12)21-14/h6-8H,4-5,9,18H2,1-3H3,(H,19,20). The van der Waals surface area contributed by atoms with Crippen molar-refractivity contribution in [3.63, 3.8) is 0 Å². The summed E-state index contributed by atoms with van der Waals surface area (Å²) >= 11 is 5.98. The first-order chi connectivity index (χ1) is 9.90. The maximum absolute atomic E-state index is 12.3. The zero-order valence-electron chi connectivity index (χ0n) is 12.6. The summed E-state index contributed by atoms with van der Waals surface area (Å²) < 4.78 is 5.64. The van der Waals surface area contributed by atoms with Crippen molar-refractivity contribution < 1.29 is 9.21 Å². The fraction of sp³-hybridized carbons (Fsp3) is 0.438. The molecule has 3 N–H and O–H groups in total. The lowest BCUT2D eigenvalue weighted by atomic mass is 9.94. The van der Waals surface area contributed by atoms with Crippen LogP contribution in [0.3, 0.4) is 0 Å². The van der Waals surface area contributed by atoms with E-state index >= 15 is 0 Å². The van der Waals surface area contributed by atoms with Gasteiger partial charge >= 0.3 is 0 Å². The molecule has 0 aliphatic carbocycles. The summed E-state index contributed by atoms with van der Waals surface area (Å²) in [5, 5.41) is 4.35. The molecule has 21 heavy (non-hydrogen) atoms. The SMILES string of the molecule is CCC(N)(CC)CNC(=O)c1oc2ccc(Cl)cc2c1C. The van der Waals surface area contributed by atoms with Crippen LogP contribution in [0.5, 0.6) is 0 Å². The summed E-state index contributed by atoms with van der Waals surface area (Å²) in [4.78, 5) is 12.3. The van der Waals surface area contributed by atoms with Crippen molar-refractivity contribution in [2.75, 3.05) is 6.54 Å². The molecule has 0 unspecified atom stereocenters. The second-order valence-corrected chi connectivity index (χ2v) is 5.89. The lowest BCUT2D eigenvalue weighted by molar-refractivity contribution is 0.0915. The number of carbonyl (C=O) groups excluding carboxylic acids is 1. The van der Waals surface area contributed by atoms with Gasteiger partial charge in [-0.1, -0.05) is 25.4 Å². The minimum atomic E-state index is -0.376. The topological polar surface area (TPSA) is 68.3 Å². The Hall–Kier alpha value is -1.52. The number of fused-ring (bicyclic) bond motifs is 1. The summed E-state index contributed by atoms with van der Waals surface area (Å²) in [7, 11) is 0. The van der Waals surface area contributed by atoms with Crippen molar-refractivity contribution in [2.24, 2.45) is 5.73 Å². The van der Waals surface area contributed by atoms with Gasteiger partial charge < -0.3 is 15.5 Å². The van der Waals surface area contributed by atoms with E-state index in [1.807, 2.05) is 20.8 Å². The second kappa shape index (κ2) is 6.08. The van der Waals surface area contributed by atoms with Crippen molar-refractivity contribution in [3.05, 3.63) is 34.5 Å². The van der Waals surface area contributed by atoms with E-state index in [9.17, 15) is 4.79 Å². The van der Waals surface area contributed by atoms with Gasteiger partial charge in [0.05, 0.1) is 0 Å². The zero-order valence-corrected chi connectivity index (χ0v) is 13.4. The van der Waals surface area contributed by atoms with Gasteiger partial charge in [0, 0.05) is 28.1 Å². The van der Waals surface area contributed by atoms with Crippen LogP contribution in [0, 0.1) is 6.92 Å². The molecule has 0 aliphatic heterocycles. The molecule has 1 aromatic heterocycles. The third kappa shape index (κ3) is 3.22. The summed E-state index contributed by atoms with van der Waals surface area (Å²) in [6.45, 7) is 6.32. The van der Waals surface area contributed by atoms with Crippen LogP contribution in [0.2, 0.25) is 5.02 Å². The van der Waals surface area contributed by atoms with Crippen LogP contribution in [0.4, 0.5) is 0 Å². The van der Waals surface area contributed by atoms with Gasteiger partial charge in [-0.3, -0.25) is 4.79 Å². The Morgan fingerprint density at radius 3 is 2.67 bits per heavy atom. The van der Waals surface area contributed by atoms with Gasteiger partial charge in [-0.25, -0.2) is 0 Å². The molecular weight excluding hydrogens is 288 g/mol. The van der Waals surface area contributed by atoms with Crippen LogP contribution in [-0.4, -0.2) is 18.0 Å². The van der Waals surface area contributed by atoms with Crippen LogP contribution >= 0.6 is 11.6 Å². The van der Waals surface area contributed by atoms with Crippen molar-refractivity contribution in [2.45, 2.75) is 39.2 Å². The number of amides is 1. The molecule has 0 bridgehead atoms. The predicted molar refractivity (Wildman–Crippen MR) is 85.8 cm³/mol. The Kier molecular flexibility index (Phi) is 4.59. The highest BCUT2D eigenvalue weighted by molar-refractivity contribution is 6.31. The highest BCUT2D eigenvalue weighted by Crippen LogP contribution is 2.27. The largest absolute Gasteiger partial charge is 0.451 e. The third-order valence-corrected chi connectivity index (χ3v) is 4.35. The molecule has 5 heteroatoms. The van der Waals surface area contributed by atoms with Gasteiger partial charge in [-0.05, 0) is 38.0 Å². The Morgan fingerprint density at radius 2 is 2.05 bits per heavy atom. The van der Waals surface area contributed by atoms with E-state index in [0.717, 1.165) is 23.8 Å². The highest BCUT2D eigenvalue weighted by Gasteiger charge is 2.23. The van der Waals surface area contributed by atoms with E-state index < -0.39 is 0 Å². The van der Waals surface area contributed by atoms with Gasteiger partial charge in [-0.15, -0.1) is 0 Å². The number of nitrogens with two attached hydrogens (primary N) is 1. The van der Waals surface area contributed by atoms with Gasteiger partial charge in [0.25, 0.3) is 5.91 Å². The number of halogens is 1. The van der Waals surface area contributed by atoms with Gasteiger partial charge in [0.2, 0.25) is 0 Å². The van der Waals surface area contributed by atoms with Crippen molar-refractivity contribution >= 4 is 28.5 Å². The van der Waals surface area contributed by atoms with Crippen LogP contribution in [0.1, 0.15) is 42.8 Å². The highest BCUT2D eigenvalue weighted by atomic mass is 35.5. The van der Waals surface area contributed by atoms with E-state index in [1.54, 1.807) is 18.2 Å². The van der Waals surface area contributed by atoms with E-state index in [-0.39, 0.29) is 11.4 Å². The summed E-state index contributed by atoms with van der Waals surface area (Å²) in [5.74, 6) is 0.0818. The van der Waals surface area contributed by atoms with Gasteiger partial charge in [0.1, 0.15) is 5.58 Å². The molecule has 114 valence electrons. The molecule has 1 amide bonds. The molecule has 1 aromatic carbocycles. The number of hydrogen-bond acceptors (Lipinski definition) is 3. The lowest BCUT2D eigenvalue weighted by Gasteiger charge is -2.26. The average Bonchev–Trinajstić information content (AvgIpc) is 2.81. The molecule has 0 saturated heterocycles. The molecule has 0 fully saturated rings. The maximum atomic E-state index is 12.3. The molecule has 4 nitrogen and oxygen atoms in total. The number of aryl methyl sites for hydroxylation is 1. The Bertz CT molecular complexity index is 660. The predicted octanol–water partition coefficient (Wildman–Crippen LogP) is 3.64. The van der Waals surface area contributed by atoms with E-state index in [1.165, 1.54) is 0 Å². The van der Waals surface area contributed by atoms with Gasteiger partial charge in [-0.2, -0.15) is 0 Å². The first-order valence-corrected chi connectivity index (χ1v) is 7.53. The van der Waals surface area contributed by atoms with Crippen LogP contribution < -0.4 is 11.1 Å². The summed E-state index contributed by atoms with van der Waals surface area (Å²) in [6.07, 6.45) is 1.61. The van der Waals surface area contributed by atoms with Crippen molar-refractivity contribution in [1.29, 1.82) is 0 Å². The summed E-state index contributed by atoms with van der Waals surface area (Å²) in [5.41, 5.74) is 7.27. The van der Waals surface area contributed by atoms with Crippen molar-refractivity contribution in [1.82, 2.24) is 5.32 Å². The maximum Gasteiger partial charge on any atom is 0.287 e. The average molecular weight is 309 g/mol. The molecule has 2 rings (SSSR count). The van der Waals surface area contributed by atoms with Gasteiger partial charge in [0.15, 0.2) is 5.76 Å². The van der Waals surface area contributed by atoms with E-state index in [0.29, 0.717) is 22.9 Å². The number of furan rings is 1. The second-order valence-electron chi connectivity index (χ2n) is 5.45. The number of rotatable bonds is 5. The fourth-order valence-electron chi connectivity index (χ4n) is 2.25. The minimum absolute atomic E-state index is 0.239. The molecule has 0 atom stereocenters. The first-order valence-electron chi connectivity index (χ1n) is 7.16.